The molecular weight excluding hydrogens is 324 g/mol. The van der Waals surface area contributed by atoms with Crippen LogP contribution in [0.2, 0.25) is 5.15 Å². The number of aromatic nitrogens is 1. The third-order valence-electron chi connectivity index (χ3n) is 4.16. The molecule has 0 saturated heterocycles. The van der Waals surface area contributed by atoms with Crippen molar-refractivity contribution in [3.05, 3.63) is 21.9 Å². The Kier molecular flexibility index (Phi) is 4.78. The number of halogens is 2. The van der Waals surface area contributed by atoms with Crippen molar-refractivity contribution >= 4 is 33.2 Å². The molecule has 0 spiro atoms. The van der Waals surface area contributed by atoms with E-state index in [1.807, 2.05) is 6.07 Å². The van der Waals surface area contributed by atoms with Crippen molar-refractivity contribution < 1.29 is 0 Å². The number of nitrogens with zero attached hydrogens (tertiary/aromatic N) is 1. The van der Waals surface area contributed by atoms with Crippen molar-refractivity contribution in [2.24, 2.45) is 11.3 Å². The molecule has 1 N–H and O–H groups in total. The summed E-state index contributed by atoms with van der Waals surface area (Å²) in [5, 5.41) is 4.11. The van der Waals surface area contributed by atoms with Crippen molar-refractivity contribution in [2.45, 2.75) is 52.5 Å². The number of hydrogen-bond donors (Lipinski definition) is 1. The fraction of sp³-hybridized carbons (Fsp3) is 0.667. The summed E-state index contributed by atoms with van der Waals surface area (Å²) in [5.74, 6) is 0.843. The lowest BCUT2D eigenvalue weighted by Gasteiger charge is -2.37. The van der Waals surface area contributed by atoms with E-state index in [0.29, 0.717) is 16.6 Å². The molecule has 0 unspecified atom stereocenters. The number of nitrogens with one attached hydrogen (secondary N) is 1. The fourth-order valence-electron chi connectivity index (χ4n) is 2.85. The Morgan fingerprint density at radius 3 is 2.47 bits per heavy atom. The number of pyridine rings is 1. The maximum absolute atomic E-state index is 6.02. The number of hydrogen-bond acceptors (Lipinski definition) is 2. The largest absolute Gasteiger partial charge is 0.381 e. The van der Waals surface area contributed by atoms with Crippen LogP contribution < -0.4 is 5.32 Å². The number of rotatable bonds is 2. The van der Waals surface area contributed by atoms with Crippen LogP contribution in [0.4, 0.5) is 5.69 Å². The summed E-state index contributed by atoms with van der Waals surface area (Å²) >= 11 is 9.51. The summed E-state index contributed by atoms with van der Waals surface area (Å²) in [6, 6.07) is 2.53. The minimum absolute atomic E-state index is 0.436. The summed E-state index contributed by atoms with van der Waals surface area (Å²) in [4.78, 5) is 4.06. The molecule has 1 saturated carbocycles. The predicted octanol–water partition coefficient (Wildman–Crippen LogP) is 5.51. The van der Waals surface area contributed by atoms with Gasteiger partial charge >= 0.3 is 0 Å². The summed E-state index contributed by atoms with van der Waals surface area (Å²) in [7, 11) is 0. The molecule has 1 aromatic rings. The van der Waals surface area contributed by atoms with Gasteiger partial charge in [-0.3, -0.25) is 0 Å². The van der Waals surface area contributed by atoms with Crippen LogP contribution in [0.5, 0.6) is 0 Å². The highest BCUT2D eigenvalue weighted by atomic mass is 79.9. The van der Waals surface area contributed by atoms with Crippen LogP contribution in [-0.2, 0) is 0 Å². The van der Waals surface area contributed by atoms with Gasteiger partial charge in [0.1, 0.15) is 5.15 Å². The fourth-order valence-corrected chi connectivity index (χ4v) is 3.36. The molecule has 0 atom stereocenters. The van der Waals surface area contributed by atoms with E-state index in [1.165, 1.54) is 25.7 Å². The van der Waals surface area contributed by atoms with Crippen molar-refractivity contribution in [1.82, 2.24) is 4.98 Å². The van der Waals surface area contributed by atoms with Gasteiger partial charge in [-0.25, -0.2) is 4.98 Å². The van der Waals surface area contributed by atoms with Gasteiger partial charge in [0.05, 0.1) is 10.2 Å². The van der Waals surface area contributed by atoms with Gasteiger partial charge in [0.2, 0.25) is 0 Å². The summed E-state index contributed by atoms with van der Waals surface area (Å²) in [6.45, 7) is 7.06. The van der Waals surface area contributed by atoms with Crippen molar-refractivity contribution in [1.29, 1.82) is 0 Å². The van der Waals surface area contributed by atoms with E-state index in [4.69, 9.17) is 11.6 Å². The zero-order valence-electron chi connectivity index (χ0n) is 11.8. The first-order chi connectivity index (χ1) is 8.88. The van der Waals surface area contributed by atoms with Crippen LogP contribution >= 0.6 is 27.5 Å². The van der Waals surface area contributed by atoms with Crippen molar-refractivity contribution in [3.63, 3.8) is 0 Å². The molecule has 1 aliphatic rings. The van der Waals surface area contributed by atoms with E-state index in [2.05, 4.69) is 47.0 Å². The standard InChI is InChI=1S/C15H22BrClN2/c1-15(2,3)10-4-6-11(7-5-10)19-12-8-9-18-14(17)13(12)16/h8-11H,4-7H2,1-3H3,(H,18,19)/t10-,11+. The first kappa shape index (κ1) is 15.1. The molecule has 106 valence electrons. The molecule has 0 aromatic carbocycles. The maximum atomic E-state index is 6.02. The van der Waals surface area contributed by atoms with Gasteiger partial charge in [0, 0.05) is 12.2 Å². The van der Waals surface area contributed by atoms with Crippen molar-refractivity contribution in [3.8, 4) is 0 Å². The van der Waals surface area contributed by atoms with Gasteiger partial charge in [-0.05, 0) is 59.0 Å². The highest BCUT2D eigenvalue weighted by molar-refractivity contribution is 9.10. The third-order valence-corrected chi connectivity index (χ3v) is 5.48. The molecule has 19 heavy (non-hydrogen) atoms. The Labute approximate surface area is 129 Å². The van der Waals surface area contributed by atoms with E-state index in [1.54, 1.807) is 6.20 Å². The highest BCUT2D eigenvalue weighted by Crippen LogP contribution is 2.39. The van der Waals surface area contributed by atoms with Gasteiger partial charge in [0.15, 0.2) is 0 Å². The average molecular weight is 346 g/mol. The van der Waals surface area contributed by atoms with E-state index >= 15 is 0 Å². The van der Waals surface area contributed by atoms with Crippen molar-refractivity contribution in [2.75, 3.05) is 5.32 Å². The Morgan fingerprint density at radius 2 is 1.89 bits per heavy atom. The lowest BCUT2D eigenvalue weighted by atomic mass is 9.71. The third kappa shape index (κ3) is 3.85. The summed E-state index contributed by atoms with van der Waals surface area (Å²) in [6.07, 6.45) is 6.81. The molecule has 2 rings (SSSR count). The second kappa shape index (κ2) is 6.01. The molecule has 4 heteroatoms. The monoisotopic (exact) mass is 344 g/mol. The summed E-state index contributed by atoms with van der Waals surface area (Å²) < 4.78 is 0.870. The number of anilines is 1. The Morgan fingerprint density at radius 1 is 1.26 bits per heavy atom. The molecule has 1 aromatic heterocycles. The Hall–Kier alpha value is -0.280. The van der Waals surface area contributed by atoms with E-state index in [0.717, 1.165) is 16.1 Å². The molecule has 1 aliphatic carbocycles. The van der Waals surface area contributed by atoms with Crippen LogP contribution in [0, 0.1) is 11.3 Å². The second-order valence-electron chi connectivity index (χ2n) is 6.52. The van der Waals surface area contributed by atoms with Crippen LogP contribution in [0.3, 0.4) is 0 Å². The minimum atomic E-state index is 0.436. The minimum Gasteiger partial charge on any atom is -0.381 e. The molecule has 2 nitrogen and oxygen atoms in total. The van der Waals surface area contributed by atoms with Gasteiger partial charge in [0.25, 0.3) is 0 Å². The molecule has 0 aliphatic heterocycles. The second-order valence-corrected chi connectivity index (χ2v) is 7.67. The lowest BCUT2D eigenvalue weighted by molar-refractivity contribution is 0.173. The first-order valence-corrected chi connectivity index (χ1v) is 8.11. The van der Waals surface area contributed by atoms with Crippen LogP contribution in [0.1, 0.15) is 46.5 Å². The lowest BCUT2D eigenvalue weighted by Crippen LogP contribution is -2.31. The molecule has 0 bridgehead atoms. The van der Waals surface area contributed by atoms with E-state index in [9.17, 15) is 0 Å². The quantitative estimate of drug-likeness (QED) is 0.714. The van der Waals surface area contributed by atoms with Gasteiger partial charge in [-0.2, -0.15) is 0 Å². The van der Waals surface area contributed by atoms with E-state index in [-0.39, 0.29) is 0 Å². The maximum Gasteiger partial charge on any atom is 0.145 e. The summed E-state index contributed by atoms with van der Waals surface area (Å²) in [5.41, 5.74) is 1.49. The topological polar surface area (TPSA) is 24.9 Å². The smallest absolute Gasteiger partial charge is 0.145 e. The normalized spacial score (nSPS) is 24.3. The van der Waals surface area contributed by atoms with Crippen LogP contribution in [0.15, 0.2) is 16.7 Å². The molecular formula is C15H22BrClN2. The molecule has 1 fully saturated rings. The molecule has 0 amide bonds. The zero-order chi connectivity index (χ0) is 14.0. The van der Waals surface area contributed by atoms with E-state index < -0.39 is 0 Å². The van der Waals surface area contributed by atoms with Crippen LogP contribution in [0.25, 0.3) is 0 Å². The molecule has 0 radical (unpaired) electrons. The highest BCUT2D eigenvalue weighted by Gasteiger charge is 2.29. The van der Waals surface area contributed by atoms with Gasteiger partial charge in [-0.1, -0.05) is 32.4 Å². The zero-order valence-corrected chi connectivity index (χ0v) is 14.2. The predicted molar refractivity (Wildman–Crippen MR) is 85.8 cm³/mol. The average Bonchev–Trinajstić information content (AvgIpc) is 2.35. The molecule has 1 heterocycles. The van der Waals surface area contributed by atoms with Crippen LogP contribution in [-0.4, -0.2) is 11.0 Å². The van der Waals surface area contributed by atoms with Gasteiger partial charge in [-0.15, -0.1) is 0 Å². The van der Waals surface area contributed by atoms with Gasteiger partial charge < -0.3 is 5.32 Å². The Bertz CT molecular complexity index is 434. The first-order valence-electron chi connectivity index (χ1n) is 6.94. The SMILES string of the molecule is CC(C)(C)[C@H]1CC[C@@H](Nc2ccnc(Cl)c2Br)CC1. The Balaban J connectivity index is 1.94.